The number of carbonyl (C=O) groups is 1. The topological polar surface area (TPSA) is 44.1 Å². The van der Waals surface area contributed by atoms with Gasteiger partial charge in [0.15, 0.2) is 0 Å². The summed E-state index contributed by atoms with van der Waals surface area (Å²) in [6.07, 6.45) is 2.07. The minimum absolute atomic E-state index is 0.0593. The van der Waals surface area contributed by atoms with Gasteiger partial charge in [0.05, 0.1) is 6.07 Å². The minimum Gasteiger partial charge on any atom is -0.342 e. The van der Waals surface area contributed by atoms with Crippen LogP contribution in [0.5, 0.6) is 0 Å². The summed E-state index contributed by atoms with van der Waals surface area (Å²) in [4.78, 5) is 13.6. The maximum atomic E-state index is 11.8. The molecule has 14 heavy (non-hydrogen) atoms. The van der Waals surface area contributed by atoms with Crippen molar-refractivity contribution in [3.8, 4) is 6.07 Å². The summed E-state index contributed by atoms with van der Waals surface area (Å²) in [6, 6.07) is 2.04. The van der Waals surface area contributed by atoms with Crippen molar-refractivity contribution in [2.75, 3.05) is 13.1 Å². The van der Waals surface area contributed by atoms with Gasteiger partial charge in [-0.2, -0.15) is 5.26 Å². The summed E-state index contributed by atoms with van der Waals surface area (Å²) >= 11 is 0. The molecule has 0 heterocycles. The third-order valence-corrected chi connectivity index (χ3v) is 2.26. The zero-order valence-corrected chi connectivity index (χ0v) is 9.63. The van der Waals surface area contributed by atoms with E-state index in [4.69, 9.17) is 5.26 Å². The lowest BCUT2D eigenvalue weighted by molar-refractivity contribution is -0.137. The van der Waals surface area contributed by atoms with Gasteiger partial charge in [-0.3, -0.25) is 4.79 Å². The molecule has 0 saturated heterocycles. The molecular weight excluding hydrogens is 176 g/mol. The molecule has 0 N–H and O–H groups in total. The van der Waals surface area contributed by atoms with E-state index in [1.807, 2.05) is 13.0 Å². The van der Waals surface area contributed by atoms with Crippen LogP contribution in [0.25, 0.3) is 0 Å². The highest BCUT2D eigenvalue weighted by Gasteiger charge is 2.30. The van der Waals surface area contributed by atoms with Gasteiger partial charge >= 0.3 is 0 Å². The van der Waals surface area contributed by atoms with E-state index < -0.39 is 5.41 Å². The molecule has 1 amide bonds. The largest absolute Gasteiger partial charge is 0.342 e. The molecule has 3 heteroatoms. The number of hydrogen-bond donors (Lipinski definition) is 0. The van der Waals surface area contributed by atoms with Crippen molar-refractivity contribution >= 4 is 5.91 Å². The predicted octanol–water partition coefficient (Wildman–Crippen LogP) is 2.18. The van der Waals surface area contributed by atoms with Crippen molar-refractivity contribution in [2.45, 2.75) is 40.5 Å². The van der Waals surface area contributed by atoms with Crippen LogP contribution in [-0.4, -0.2) is 23.9 Å². The Morgan fingerprint density at radius 1 is 1.43 bits per heavy atom. The SMILES string of the molecule is CCCCN(CC)C(=O)C(C)(C)C#N. The molecule has 0 aliphatic rings. The molecule has 0 aromatic carbocycles. The molecule has 0 bridgehead atoms. The standard InChI is InChI=1S/C11H20N2O/c1-5-7-8-13(6-2)10(14)11(3,4)9-12/h5-8H2,1-4H3. The molecule has 0 aliphatic heterocycles. The van der Waals surface area contributed by atoms with E-state index in [2.05, 4.69) is 6.92 Å². The molecule has 0 aliphatic carbocycles. The lowest BCUT2D eigenvalue weighted by Gasteiger charge is -2.26. The average Bonchev–Trinajstić information content (AvgIpc) is 2.18. The monoisotopic (exact) mass is 196 g/mol. The Balaban J connectivity index is 4.40. The Kier molecular flexibility index (Phi) is 5.22. The van der Waals surface area contributed by atoms with Gasteiger partial charge in [-0.15, -0.1) is 0 Å². The van der Waals surface area contributed by atoms with E-state index in [-0.39, 0.29) is 5.91 Å². The Morgan fingerprint density at radius 3 is 2.36 bits per heavy atom. The lowest BCUT2D eigenvalue weighted by Crippen LogP contribution is -2.40. The van der Waals surface area contributed by atoms with Crippen LogP contribution in [0.3, 0.4) is 0 Å². The highest BCUT2D eigenvalue weighted by molar-refractivity contribution is 5.84. The summed E-state index contributed by atoms with van der Waals surface area (Å²) in [5.74, 6) is -0.0593. The van der Waals surface area contributed by atoms with Gasteiger partial charge in [-0.25, -0.2) is 0 Å². The van der Waals surface area contributed by atoms with Crippen LogP contribution in [0.2, 0.25) is 0 Å². The summed E-state index contributed by atoms with van der Waals surface area (Å²) in [5.41, 5.74) is -0.885. The van der Waals surface area contributed by atoms with Crippen LogP contribution >= 0.6 is 0 Å². The van der Waals surface area contributed by atoms with E-state index in [0.29, 0.717) is 6.54 Å². The molecule has 3 nitrogen and oxygen atoms in total. The van der Waals surface area contributed by atoms with E-state index in [9.17, 15) is 4.79 Å². The van der Waals surface area contributed by atoms with Crippen LogP contribution in [0.15, 0.2) is 0 Å². The van der Waals surface area contributed by atoms with Gasteiger partial charge in [-0.1, -0.05) is 13.3 Å². The molecule has 0 aromatic heterocycles. The molecule has 0 aromatic rings. The van der Waals surface area contributed by atoms with Gasteiger partial charge < -0.3 is 4.90 Å². The Morgan fingerprint density at radius 2 is 2.00 bits per heavy atom. The summed E-state index contributed by atoms with van der Waals surface area (Å²) < 4.78 is 0. The normalized spacial score (nSPS) is 10.8. The second-order valence-electron chi connectivity index (χ2n) is 3.98. The van der Waals surface area contributed by atoms with Crippen molar-refractivity contribution in [3.63, 3.8) is 0 Å². The molecule has 0 spiro atoms. The quantitative estimate of drug-likeness (QED) is 0.676. The Hall–Kier alpha value is -1.04. The van der Waals surface area contributed by atoms with Crippen LogP contribution in [0, 0.1) is 16.7 Å². The zero-order chi connectivity index (χ0) is 11.2. The van der Waals surface area contributed by atoms with Crippen molar-refractivity contribution in [2.24, 2.45) is 5.41 Å². The Labute approximate surface area is 86.7 Å². The smallest absolute Gasteiger partial charge is 0.242 e. The van der Waals surface area contributed by atoms with Crippen molar-refractivity contribution in [1.82, 2.24) is 4.90 Å². The summed E-state index contributed by atoms with van der Waals surface area (Å²) in [6.45, 7) is 8.82. The fourth-order valence-corrected chi connectivity index (χ4v) is 1.20. The zero-order valence-electron chi connectivity index (χ0n) is 9.63. The van der Waals surface area contributed by atoms with Crippen LogP contribution in [0.4, 0.5) is 0 Å². The second-order valence-corrected chi connectivity index (χ2v) is 3.98. The van der Waals surface area contributed by atoms with Gasteiger partial charge in [0.1, 0.15) is 5.41 Å². The number of amides is 1. The fraction of sp³-hybridized carbons (Fsp3) is 0.818. The third-order valence-electron chi connectivity index (χ3n) is 2.26. The Bertz CT molecular complexity index is 228. The average molecular weight is 196 g/mol. The van der Waals surface area contributed by atoms with E-state index in [0.717, 1.165) is 19.4 Å². The van der Waals surface area contributed by atoms with Gasteiger partial charge in [0, 0.05) is 13.1 Å². The first kappa shape index (κ1) is 13.0. The summed E-state index contributed by atoms with van der Waals surface area (Å²) in [7, 11) is 0. The highest BCUT2D eigenvalue weighted by Crippen LogP contribution is 2.17. The van der Waals surface area contributed by atoms with Crippen molar-refractivity contribution < 1.29 is 4.79 Å². The van der Waals surface area contributed by atoms with E-state index >= 15 is 0 Å². The number of unbranched alkanes of at least 4 members (excludes halogenated alkanes) is 1. The first-order valence-electron chi connectivity index (χ1n) is 5.20. The fourth-order valence-electron chi connectivity index (χ4n) is 1.20. The summed E-state index contributed by atoms with van der Waals surface area (Å²) in [5, 5.41) is 8.84. The maximum Gasteiger partial charge on any atom is 0.242 e. The number of nitriles is 1. The van der Waals surface area contributed by atoms with Gasteiger partial charge in [0.2, 0.25) is 5.91 Å². The number of nitrogens with zero attached hydrogens (tertiary/aromatic N) is 2. The molecule has 0 fully saturated rings. The van der Waals surface area contributed by atoms with E-state index in [1.165, 1.54) is 0 Å². The molecular formula is C11H20N2O. The number of carbonyl (C=O) groups excluding carboxylic acids is 1. The van der Waals surface area contributed by atoms with Crippen molar-refractivity contribution in [1.29, 1.82) is 5.26 Å². The highest BCUT2D eigenvalue weighted by atomic mass is 16.2. The molecule has 0 atom stereocenters. The van der Waals surface area contributed by atoms with Crippen LogP contribution in [0.1, 0.15) is 40.5 Å². The van der Waals surface area contributed by atoms with E-state index in [1.54, 1.807) is 18.7 Å². The van der Waals surface area contributed by atoms with Gasteiger partial charge in [-0.05, 0) is 27.2 Å². The number of hydrogen-bond acceptors (Lipinski definition) is 2. The van der Waals surface area contributed by atoms with Crippen LogP contribution < -0.4 is 0 Å². The molecule has 0 saturated carbocycles. The third kappa shape index (κ3) is 3.37. The molecule has 0 unspecified atom stereocenters. The first-order valence-corrected chi connectivity index (χ1v) is 5.20. The molecule has 0 rings (SSSR count). The maximum absolute atomic E-state index is 11.8. The molecule has 80 valence electrons. The first-order chi connectivity index (χ1) is 6.49. The molecule has 0 radical (unpaired) electrons. The minimum atomic E-state index is -0.885. The van der Waals surface area contributed by atoms with Crippen LogP contribution in [-0.2, 0) is 4.79 Å². The van der Waals surface area contributed by atoms with Crippen molar-refractivity contribution in [3.05, 3.63) is 0 Å². The van der Waals surface area contributed by atoms with Gasteiger partial charge in [0.25, 0.3) is 0 Å². The predicted molar refractivity (Wildman–Crippen MR) is 56.6 cm³/mol. The lowest BCUT2D eigenvalue weighted by atomic mass is 9.93. The second kappa shape index (κ2) is 5.64. The number of rotatable bonds is 5.